The second kappa shape index (κ2) is 6.20. The van der Waals surface area contributed by atoms with Gasteiger partial charge in [0.15, 0.2) is 0 Å². The van der Waals surface area contributed by atoms with Gasteiger partial charge in [-0.05, 0) is 32.4 Å². The Kier molecular flexibility index (Phi) is 4.10. The fraction of sp³-hybridized carbons (Fsp3) is 0.375. The standard InChI is InChI=1S/C16H21N7/c1-11(2)23-10-13(9-20-23)8-18-16-17-7-12(3)15(21-16)14-5-6-19-22(14)4/h5-7,9-11H,8H2,1-4H3,(H,17,18,21). The predicted molar refractivity (Wildman–Crippen MR) is 88.9 cm³/mol. The van der Waals surface area contributed by atoms with Crippen LogP contribution in [-0.2, 0) is 13.6 Å². The van der Waals surface area contributed by atoms with Gasteiger partial charge in [0.2, 0.25) is 5.95 Å². The van der Waals surface area contributed by atoms with Crippen molar-refractivity contribution in [2.75, 3.05) is 5.32 Å². The van der Waals surface area contributed by atoms with Crippen molar-refractivity contribution in [1.29, 1.82) is 0 Å². The largest absolute Gasteiger partial charge is 0.350 e. The van der Waals surface area contributed by atoms with Gasteiger partial charge in [-0.3, -0.25) is 9.36 Å². The molecular formula is C16H21N7. The third-order valence-corrected chi connectivity index (χ3v) is 3.67. The van der Waals surface area contributed by atoms with E-state index in [2.05, 4.69) is 39.3 Å². The van der Waals surface area contributed by atoms with Crippen LogP contribution in [0.1, 0.15) is 31.0 Å². The quantitative estimate of drug-likeness (QED) is 0.784. The average Bonchev–Trinajstić information content (AvgIpc) is 3.15. The summed E-state index contributed by atoms with van der Waals surface area (Å²) in [6.07, 6.45) is 7.50. The molecule has 7 heteroatoms. The van der Waals surface area contributed by atoms with Crippen LogP contribution in [0.5, 0.6) is 0 Å². The van der Waals surface area contributed by atoms with Gasteiger partial charge in [0.05, 0.1) is 17.6 Å². The van der Waals surface area contributed by atoms with E-state index >= 15 is 0 Å². The van der Waals surface area contributed by atoms with E-state index in [1.807, 2.05) is 48.0 Å². The van der Waals surface area contributed by atoms with E-state index in [0.717, 1.165) is 22.5 Å². The first-order valence-electron chi connectivity index (χ1n) is 7.63. The van der Waals surface area contributed by atoms with Crippen LogP contribution in [0.2, 0.25) is 0 Å². The van der Waals surface area contributed by atoms with Crippen LogP contribution in [0.4, 0.5) is 5.95 Å². The topological polar surface area (TPSA) is 73.5 Å². The van der Waals surface area contributed by atoms with Crippen LogP contribution in [0.3, 0.4) is 0 Å². The van der Waals surface area contributed by atoms with Crippen molar-refractivity contribution in [2.24, 2.45) is 7.05 Å². The minimum Gasteiger partial charge on any atom is -0.350 e. The number of aryl methyl sites for hydroxylation is 2. The molecule has 7 nitrogen and oxygen atoms in total. The highest BCUT2D eigenvalue weighted by Crippen LogP contribution is 2.20. The van der Waals surface area contributed by atoms with Crippen LogP contribution in [0, 0.1) is 6.92 Å². The molecule has 0 unspecified atom stereocenters. The summed E-state index contributed by atoms with van der Waals surface area (Å²) in [5.74, 6) is 0.601. The minimum absolute atomic E-state index is 0.357. The number of hydrogen-bond donors (Lipinski definition) is 1. The highest BCUT2D eigenvalue weighted by molar-refractivity contribution is 5.59. The van der Waals surface area contributed by atoms with Crippen LogP contribution in [0.25, 0.3) is 11.4 Å². The minimum atomic E-state index is 0.357. The third-order valence-electron chi connectivity index (χ3n) is 3.67. The highest BCUT2D eigenvalue weighted by Gasteiger charge is 2.10. The number of nitrogens with zero attached hydrogens (tertiary/aromatic N) is 6. The molecule has 0 saturated heterocycles. The van der Waals surface area contributed by atoms with E-state index in [9.17, 15) is 0 Å². The molecule has 0 atom stereocenters. The molecule has 0 saturated carbocycles. The molecule has 0 spiro atoms. The monoisotopic (exact) mass is 311 g/mol. The van der Waals surface area contributed by atoms with Gasteiger partial charge in [0.1, 0.15) is 0 Å². The van der Waals surface area contributed by atoms with Crippen LogP contribution >= 0.6 is 0 Å². The maximum absolute atomic E-state index is 4.62. The Hall–Kier alpha value is -2.70. The van der Waals surface area contributed by atoms with Gasteiger partial charge in [0, 0.05) is 43.8 Å². The Bertz CT molecular complexity index is 800. The van der Waals surface area contributed by atoms with E-state index in [1.165, 1.54) is 0 Å². The summed E-state index contributed by atoms with van der Waals surface area (Å²) >= 11 is 0. The van der Waals surface area contributed by atoms with Crippen molar-refractivity contribution in [3.8, 4) is 11.4 Å². The van der Waals surface area contributed by atoms with Gasteiger partial charge in [-0.2, -0.15) is 10.2 Å². The normalized spacial score (nSPS) is 11.2. The van der Waals surface area contributed by atoms with E-state index in [4.69, 9.17) is 0 Å². The lowest BCUT2D eigenvalue weighted by atomic mass is 10.2. The van der Waals surface area contributed by atoms with Crippen LogP contribution in [0.15, 0.2) is 30.9 Å². The molecule has 3 aromatic heterocycles. The van der Waals surface area contributed by atoms with Gasteiger partial charge in [0.25, 0.3) is 0 Å². The van der Waals surface area contributed by atoms with Crippen molar-refractivity contribution in [2.45, 2.75) is 33.4 Å². The van der Waals surface area contributed by atoms with E-state index in [-0.39, 0.29) is 0 Å². The molecule has 3 heterocycles. The second-order valence-electron chi connectivity index (χ2n) is 5.84. The number of anilines is 1. The zero-order valence-electron chi connectivity index (χ0n) is 13.9. The van der Waals surface area contributed by atoms with Gasteiger partial charge in [-0.15, -0.1) is 0 Å². The van der Waals surface area contributed by atoms with Gasteiger partial charge >= 0.3 is 0 Å². The maximum atomic E-state index is 4.62. The summed E-state index contributed by atoms with van der Waals surface area (Å²) in [5, 5.41) is 11.8. The zero-order valence-corrected chi connectivity index (χ0v) is 13.9. The Morgan fingerprint density at radius 2 is 2.04 bits per heavy atom. The SMILES string of the molecule is Cc1cnc(NCc2cnn(C(C)C)c2)nc1-c1ccnn1C. The summed E-state index contributed by atoms with van der Waals surface area (Å²) < 4.78 is 3.75. The first-order chi connectivity index (χ1) is 11.0. The van der Waals surface area contributed by atoms with Crippen molar-refractivity contribution in [1.82, 2.24) is 29.5 Å². The summed E-state index contributed by atoms with van der Waals surface area (Å²) in [7, 11) is 1.91. The molecule has 0 aliphatic rings. The Morgan fingerprint density at radius 3 is 2.70 bits per heavy atom. The lowest BCUT2D eigenvalue weighted by molar-refractivity contribution is 0.532. The molecular weight excluding hydrogens is 290 g/mol. The van der Waals surface area contributed by atoms with E-state index < -0.39 is 0 Å². The molecule has 0 bridgehead atoms. The van der Waals surface area contributed by atoms with E-state index in [0.29, 0.717) is 18.5 Å². The predicted octanol–water partition coefficient (Wildman–Crippen LogP) is 2.58. The molecule has 0 radical (unpaired) electrons. The smallest absolute Gasteiger partial charge is 0.223 e. The number of hydrogen-bond acceptors (Lipinski definition) is 5. The van der Waals surface area contributed by atoms with Crippen molar-refractivity contribution in [3.63, 3.8) is 0 Å². The fourth-order valence-electron chi connectivity index (χ4n) is 2.32. The molecule has 0 fully saturated rings. The lowest BCUT2D eigenvalue weighted by Crippen LogP contribution is -2.06. The van der Waals surface area contributed by atoms with Gasteiger partial charge in [-0.1, -0.05) is 0 Å². The lowest BCUT2D eigenvalue weighted by Gasteiger charge is -2.08. The first kappa shape index (κ1) is 15.2. The molecule has 1 N–H and O–H groups in total. The fourth-order valence-corrected chi connectivity index (χ4v) is 2.32. The Labute approximate surface area is 135 Å². The molecule has 0 aliphatic heterocycles. The highest BCUT2D eigenvalue weighted by atomic mass is 15.3. The first-order valence-corrected chi connectivity index (χ1v) is 7.63. The average molecular weight is 311 g/mol. The molecule has 0 amide bonds. The Morgan fingerprint density at radius 1 is 1.22 bits per heavy atom. The molecule has 0 aliphatic carbocycles. The molecule has 0 aromatic carbocycles. The van der Waals surface area contributed by atoms with Crippen molar-refractivity contribution in [3.05, 3.63) is 42.0 Å². The zero-order chi connectivity index (χ0) is 16.4. The number of aromatic nitrogens is 6. The van der Waals surface area contributed by atoms with Gasteiger partial charge in [-0.25, -0.2) is 9.97 Å². The molecule has 120 valence electrons. The van der Waals surface area contributed by atoms with Crippen LogP contribution < -0.4 is 5.32 Å². The summed E-state index contributed by atoms with van der Waals surface area (Å²) in [5.41, 5.74) is 3.98. The third kappa shape index (κ3) is 3.23. The summed E-state index contributed by atoms with van der Waals surface area (Å²) in [6.45, 7) is 6.85. The van der Waals surface area contributed by atoms with Crippen molar-refractivity contribution >= 4 is 5.95 Å². The van der Waals surface area contributed by atoms with E-state index in [1.54, 1.807) is 6.20 Å². The van der Waals surface area contributed by atoms with Crippen molar-refractivity contribution < 1.29 is 0 Å². The molecule has 3 aromatic rings. The maximum Gasteiger partial charge on any atom is 0.223 e. The Balaban J connectivity index is 1.77. The molecule has 3 rings (SSSR count). The van der Waals surface area contributed by atoms with Gasteiger partial charge < -0.3 is 5.32 Å². The summed E-state index contributed by atoms with van der Waals surface area (Å²) in [6, 6.07) is 2.31. The number of nitrogens with one attached hydrogen (secondary N) is 1. The van der Waals surface area contributed by atoms with Crippen LogP contribution in [-0.4, -0.2) is 29.5 Å². The second-order valence-corrected chi connectivity index (χ2v) is 5.84. The summed E-state index contributed by atoms with van der Waals surface area (Å²) in [4.78, 5) is 8.98. The molecule has 23 heavy (non-hydrogen) atoms. The number of rotatable bonds is 5.